The number of aryl methyl sites for hydroxylation is 1. The van der Waals surface area contributed by atoms with Gasteiger partial charge in [-0.05, 0) is 38.1 Å². The predicted molar refractivity (Wildman–Crippen MR) is 79.3 cm³/mol. The van der Waals surface area contributed by atoms with Crippen molar-refractivity contribution in [3.05, 3.63) is 57.5 Å². The first-order valence-electron chi connectivity index (χ1n) is 6.55. The minimum atomic E-state index is -1.25. The SMILES string of the molecule is Cc1ccc(C(C)(O)CNc2ccc([N+](=O)[O-])c(C#N)c2)o1. The standard InChI is InChI=1S/C15H15N3O4/c1-10-3-6-14(22-10)15(2,19)9-17-12-4-5-13(18(20)21)11(7-12)8-16/h3-7,17,19H,9H2,1-2H3. The van der Waals surface area contributed by atoms with Crippen LogP contribution in [0.25, 0.3) is 0 Å². The lowest BCUT2D eigenvalue weighted by atomic mass is 10.0. The van der Waals surface area contributed by atoms with E-state index in [9.17, 15) is 15.2 Å². The molecule has 1 aromatic carbocycles. The highest BCUT2D eigenvalue weighted by Crippen LogP contribution is 2.25. The number of aliphatic hydroxyl groups is 1. The van der Waals surface area contributed by atoms with E-state index < -0.39 is 10.5 Å². The highest BCUT2D eigenvalue weighted by atomic mass is 16.6. The monoisotopic (exact) mass is 301 g/mol. The molecule has 7 heteroatoms. The highest BCUT2D eigenvalue weighted by Gasteiger charge is 2.26. The van der Waals surface area contributed by atoms with Crippen LogP contribution < -0.4 is 5.32 Å². The van der Waals surface area contributed by atoms with Crippen LogP contribution in [0, 0.1) is 28.4 Å². The zero-order chi connectivity index (χ0) is 16.3. The van der Waals surface area contributed by atoms with Crippen molar-refractivity contribution >= 4 is 11.4 Å². The molecular formula is C15H15N3O4. The third-order valence-electron chi connectivity index (χ3n) is 3.22. The Balaban J connectivity index is 2.15. The summed E-state index contributed by atoms with van der Waals surface area (Å²) in [4.78, 5) is 10.2. The summed E-state index contributed by atoms with van der Waals surface area (Å²) in [5.41, 5.74) is -1.03. The first-order valence-corrected chi connectivity index (χ1v) is 6.55. The normalized spacial score (nSPS) is 13.2. The van der Waals surface area contributed by atoms with E-state index in [4.69, 9.17) is 9.68 Å². The molecular weight excluding hydrogens is 286 g/mol. The summed E-state index contributed by atoms with van der Waals surface area (Å²) in [6.07, 6.45) is 0. The van der Waals surface area contributed by atoms with Crippen LogP contribution in [0.1, 0.15) is 24.0 Å². The van der Waals surface area contributed by atoms with Gasteiger partial charge in [-0.1, -0.05) is 0 Å². The minimum Gasteiger partial charge on any atom is -0.463 e. The van der Waals surface area contributed by atoms with Crippen molar-refractivity contribution in [2.75, 3.05) is 11.9 Å². The summed E-state index contributed by atoms with van der Waals surface area (Å²) in [6, 6.07) is 9.35. The number of nitro benzene ring substituents is 1. The lowest BCUT2D eigenvalue weighted by Crippen LogP contribution is -2.30. The van der Waals surface area contributed by atoms with Gasteiger partial charge in [0, 0.05) is 11.8 Å². The lowest BCUT2D eigenvalue weighted by Gasteiger charge is -2.22. The van der Waals surface area contributed by atoms with Gasteiger partial charge in [0.05, 0.1) is 11.5 Å². The lowest BCUT2D eigenvalue weighted by molar-refractivity contribution is -0.385. The van der Waals surface area contributed by atoms with Gasteiger partial charge in [-0.25, -0.2) is 0 Å². The molecule has 0 aliphatic carbocycles. The molecule has 0 aliphatic heterocycles. The third-order valence-corrected chi connectivity index (χ3v) is 3.22. The predicted octanol–water partition coefficient (Wildman–Crippen LogP) is 2.69. The zero-order valence-electron chi connectivity index (χ0n) is 12.2. The Morgan fingerprint density at radius 1 is 1.45 bits per heavy atom. The minimum absolute atomic E-state index is 0.0384. The van der Waals surface area contributed by atoms with Gasteiger partial charge < -0.3 is 14.8 Å². The molecule has 114 valence electrons. The van der Waals surface area contributed by atoms with E-state index in [1.54, 1.807) is 32.0 Å². The van der Waals surface area contributed by atoms with Crippen molar-refractivity contribution in [2.45, 2.75) is 19.4 Å². The van der Waals surface area contributed by atoms with Gasteiger partial charge in [-0.15, -0.1) is 0 Å². The number of benzene rings is 1. The molecule has 1 unspecified atom stereocenters. The fraction of sp³-hybridized carbons (Fsp3) is 0.267. The van der Waals surface area contributed by atoms with Crippen LogP contribution in [0.3, 0.4) is 0 Å². The molecule has 2 rings (SSSR count). The van der Waals surface area contributed by atoms with E-state index in [1.165, 1.54) is 18.2 Å². The summed E-state index contributed by atoms with van der Waals surface area (Å²) in [7, 11) is 0. The Bertz CT molecular complexity index is 743. The second-order valence-corrected chi connectivity index (χ2v) is 5.14. The Kier molecular flexibility index (Phi) is 4.15. The number of nitrogens with one attached hydrogen (secondary N) is 1. The van der Waals surface area contributed by atoms with Gasteiger partial charge in [0.1, 0.15) is 28.8 Å². The molecule has 0 saturated heterocycles. The van der Waals surface area contributed by atoms with E-state index in [-0.39, 0.29) is 17.8 Å². The number of nitrogens with zero attached hydrogens (tertiary/aromatic N) is 2. The fourth-order valence-electron chi connectivity index (χ4n) is 1.98. The van der Waals surface area contributed by atoms with Gasteiger partial charge in [-0.3, -0.25) is 10.1 Å². The van der Waals surface area contributed by atoms with Crippen molar-refractivity contribution in [2.24, 2.45) is 0 Å². The van der Waals surface area contributed by atoms with Crippen molar-refractivity contribution < 1.29 is 14.4 Å². The Morgan fingerprint density at radius 2 is 2.18 bits per heavy atom. The molecule has 0 radical (unpaired) electrons. The zero-order valence-corrected chi connectivity index (χ0v) is 12.2. The molecule has 1 atom stereocenters. The number of nitro groups is 1. The van der Waals surface area contributed by atoms with E-state index >= 15 is 0 Å². The van der Waals surface area contributed by atoms with Crippen LogP contribution >= 0.6 is 0 Å². The summed E-state index contributed by atoms with van der Waals surface area (Å²) in [5, 5.41) is 33.1. The van der Waals surface area contributed by atoms with Gasteiger partial charge in [-0.2, -0.15) is 5.26 Å². The Morgan fingerprint density at radius 3 is 2.73 bits per heavy atom. The molecule has 22 heavy (non-hydrogen) atoms. The topological polar surface area (TPSA) is 112 Å². The van der Waals surface area contributed by atoms with Crippen LogP contribution in [0.5, 0.6) is 0 Å². The molecule has 1 heterocycles. The molecule has 7 nitrogen and oxygen atoms in total. The fourth-order valence-corrected chi connectivity index (χ4v) is 1.98. The van der Waals surface area contributed by atoms with E-state index in [1.807, 2.05) is 0 Å². The van der Waals surface area contributed by atoms with Crippen molar-refractivity contribution in [1.29, 1.82) is 5.26 Å². The summed E-state index contributed by atoms with van der Waals surface area (Å²) in [6.45, 7) is 3.50. The van der Waals surface area contributed by atoms with Gasteiger partial charge in [0.25, 0.3) is 5.69 Å². The van der Waals surface area contributed by atoms with E-state index in [0.29, 0.717) is 17.2 Å². The molecule has 2 N–H and O–H groups in total. The van der Waals surface area contributed by atoms with Crippen LogP contribution in [0.15, 0.2) is 34.7 Å². The van der Waals surface area contributed by atoms with E-state index in [0.717, 1.165) is 0 Å². The van der Waals surface area contributed by atoms with Crippen molar-refractivity contribution in [3.8, 4) is 6.07 Å². The largest absolute Gasteiger partial charge is 0.463 e. The third kappa shape index (κ3) is 3.24. The number of anilines is 1. The number of hydrogen-bond donors (Lipinski definition) is 2. The second kappa shape index (κ2) is 5.87. The molecule has 0 saturated carbocycles. The molecule has 0 fully saturated rings. The average molecular weight is 301 g/mol. The smallest absolute Gasteiger partial charge is 0.287 e. The molecule has 0 aliphatic rings. The van der Waals surface area contributed by atoms with E-state index in [2.05, 4.69) is 5.32 Å². The highest BCUT2D eigenvalue weighted by molar-refractivity contribution is 5.58. The maximum Gasteiger partial charge on any atom is 0.287 e. The summed E-state index contributed by atoms with van der Waals surface area (Å²) in [5.74, 6) is 1.11. The first kappa shape index (κ1) is 15.5. The number of furan rings is 1. The average Bonchev–Trinajstić information content (AvgIpc) is 2.92. The van der Waals surface area contributed by atoms with Gasteiger partial charge in [0.15, 0.2) is 0 Å². The van der Waals surface area contributed by atoms with Crippen LogP contribution in [0.4, 0.5) is 11.4 Å². The maximum absolute atomic E-state index is 10.8. The maximum atomic E-state index is 10.8. The van der Waals surface area contributed by atoms with Crippen molar-refractivity contribution in [1.82, 2.24) is 0 Å². The molecule has 0 bridgehead atoms. The van der Waals surface area contributed by atoms with Crippen LogP contribution in [-0.4, -0.2) is 16.6 Å². The quantitative estimate of drug-likeness (QED) is 0.648. The molecule has 0 spiro atoms. The number of hydrogen-bond acceptors (Lipinski definition) is 6. The molecule has 1 aromatic heterocycles. The van der Waals surface area contributed by atoms with Crippen LogP contribution in [0.2, 0.25) is 0 Å². The summed E-state index contributed by atoms with van der Waals surface area (Å²) >= 11 is 0. The second-order valence-electron chi connectivity index (χ2n) is 5.14. The first-order chi connectivity index (χ1) is 10.3. The summed E-state index contributed by atoms with van der Waals surface area (Å²) < 4.78 is 5.40. The van der Waals surface area contributed by atoms with Crippen molar-refractivity contribution in [3.63, 3.8) is 0 Å². The molecule has 0 amide bonds. The van der Waals surface area contributed by atoms with Gasteiger partial charge in [0.2, 0.25) is 0 Å². The number of rotatable bonds is 5. The van der Waals surface area contributed by atoms with Crippen LogP contribution in [-0.2, 0) is 5.60 Å². The molecule has 2 aromatic rings. The Hall–Kier alpha value is -2.85. The van der Waals surface area contributed by atoms with Gasteiger partial charge >= 0.3 is 0 Å². The Labute approximate surface area is 126 Å². The number of nitriles is 1.